The smallest absolute Gasteiger partial charge is 0.408 e. The lowest BCUT2D eigenvalue weighted by Gasteiger charge is -2.23. The average Bonchev–Trinajstić information content (AvgIpc) is 2.36. The molecule has 0 saturated heterocycles. The fraction of sp³-hybridized carbons (Fsp3) is 0.533. The molecule has 0 aliphatic heterocycles. The van der Waals surface area contributed by atoms with Crippen LogP contribution in [0.15, 0.2) is 24.3 Å². The highest BCUT2D eigenvalue weighted by Gasteiger charge is 2.20. The predicted octanol–water partition coefficient (Wildman–Crippen LogP) is 4.05. The maximum atomic E-state index is 11.9. The van der Waals surface area contributed by atoms with Crippen molar-refractivity contribution in [1.82, 2.24) is 5.32 Å². The van der Waals surface area contributed by atoms with Crippen LogP contribution in [0.3, 0.4) is 0 Å². The molecule has 0 heterocycles. The van der Waals surface area contributed by atoms with Crippen molar-refractivity contribution >= 4 is 22.0 Å². The first kappa shape index (κ1) is 16.8. The largest absolute Gasteiger partial charge is 0.497 e. The molecule has 112 valence electrons. The summed E-state index contributed by atoms with van der Waals surface area (Å²) in [5, 5.41) is 3.68. The molecule has 0 saturated carbocycles. The van der Waals surface area contributed by atoms with Gasteiger partial charge in [0.2, 0.25) is 0 Å². The average molecular weight is 344 g/mol. The van der Waals surface area contributed by atoms with Gasteiger partial charge in [0.25, 0.3) is 0 Å². The summed E-state index contributed by atoms with van der Waals surface area (Å²) in [5.74, 6) is 0.771. The van der Waals surface area contributed by atoms with Gasteiger partial charge in [-0.2, -0.15) is 0 Å². The Morgan fingerprint density at radius 1 is 1.40 bits per heavy atom. The zero-order chi connectivity index (χ0) is 15.2. The van der Waals surface area contributed by atoms with E-state index in [1.165, 1.54) is 0 Å². The summed E-state index contributed by atoms with van der Waals surface area (Å²) in [6, 6.07) is 7.56. The van der Waals surface area contributed by atoms with E-state index in [4.69, 9.17) is 9.47 Å². The van der Waals surface area contributed by atoms with Crippen LogP contribution in [0.25, 0.3) is 0 Å². The highest BCUT2D eigenvalue weighted by Crippen LogP contribution is 2.23. The van der Waals surface area contributed by atoms with Crippen molar-refractivity contribution in [3.63, 3.8) is 0 Å². The minimum absolute atomic E-state index is 0.112. The lowest BCUT2D eigenvalue weighted by molar-refractivity contribution is 0.0502. The molecule has 0 aromatic heterocycles. The second-order valence-electron chi connectivity index (χ2n) is 5.45. The molecular formula is C15H22BrNO3. The molecule has 1 aromatic rings. The van der Waals surface area contributed by atoms with E-state index >= 15 is 0 Å². The Bertz CT molecular complexity index is 443. The van der Waals surface area contributed by atoms with Crippen LogP contribution < -0.4 is 10.1 Å². The molecule has 1 amide bonds. The summed E-state index contributed by atoms with van der Waals surface area (Å²) in [6.45, 7) is 5.53. The van der Waals surface area contributed by atoms with Gasteiger partial charge in [-0.1, -0.05) is 28.1 Å². The Morgan fingerprint density at radius 3 is 2.65 bits per heavy atom. The molecule has 0 bridgehead atoms. The van der Waals surface area contributed by atoms with E-state index in [1.807, 2.05) is 45.0 Å². The summed E-state index contributed by atoms with van der Waals surface area (Å²) in [5.41, 5.74) is 0.492. The van der Waals surface area contributed by atoms with Gasteiger partial charge >= 0.3 is 6.09 Å². The van der Waals surface area contributed by atoms with Crippen LogP contribution in [0.1, 0.15) is 38.8 Å². The molecule has 0 spiro atoms. The lowest BCUT2D eigenvalue weighted by atomic mass is 10.0. The number of benzene rings is 1. The summed E-state index contributed by atoms with van der Waals surface area (Å²) >= 11 is 3.41. The third-order valence-electron chi connectivity index (χ3n) is 2.58. The Kier molecular flexibility index (Phi) is 6.33. The minimum atomic E-state index is -0.503. The number of halogens is 1. The predicted molar refractivity (Wildman–Crippen MR) is 83.5 cm³/mol. The molecule has 20 heavy (non-hydrogen) atoms. The zero-order valence-electron chi connectivity index (χ0n) is 12.4. The number of nitrogens with one attached hydrogen (secondary N) is 1. The van der Waals surface area contributed by atoms with Crippen LogP contribution in [0, 0.1) is 0 Å². The number of carbonyl (C=O) groups excluding carboxylic acids is 1. The molecule has 1 rings (SSSR count). The van der Waals surface area contributed by atoms with Crippen LogP contribution in [-0.4, -0.2) is 24.1 Å². The SMILES string of the molecule is COc1cccc(C(CCBr)NC(=O)OC(C)(C)C)c1. The molecule has 0 fully saturated rings. The Morgan fingerprint density at radius 2 is 2.10 bits per heavy atom. The third kappa shape index (κ3) is 5.82. The van der Waals surface area contributed by atoms with Crippen LogP contribution >= 0.6 is 15.9 Å². The van der Waals surface area contributed by atoms with Crippen LogP contribution in [0.5, 0.6) is 5.75 Å². The normalized spacial score (nSPS) is 12.7. The van der Waals surface area contributed by atoms with E-state index in [9.17, 15) is 4.79 Å². The first-order valence-corrected chi connectivity index (χ1v) is 7.67. The van der Waals surface area contributed by atoms with E-state index < -0.39 is 11.7 Å². The van der Waals surface area contributed by atoms with Crippen molar-refractivity contribution in [1.29, 1.82) is 0 Å². The number of hydrogen-bond donors (Lipinski definition) is 1. The maximum Gasteiger partial charge on any atom is 0.408 e. The number of alkyl carbamates (subject to hydrolysis) is 1. The fourth-order valence-electron chi connectivity index (χ4n) is 1.74. The summed E-state index contributed by atoms with van der Waals surface area (Å²) in [6.07, 6.45) is 0.359. The molecule has 0 radical (unpaired) electrons. The van der Waals surface area contributed by atoms with Crippen molar-refractivity contribution in [2.45, 2.75) is 38.8 Å². The van der Waals surface area contributed by atoms with E-state index in [0.717, 1.165) is 23.1 Å². The molecule has 0 aliphatic carbocycles. The first-order chi connectivity index (χ1) is 9.35. The quantitative estimate of drug-likeness (QED) is 0.820. The van der Waals surface area contributed by atoms with Gasteiger partial charge in [-0.15, -0.1) is 0 Å². The monoisotopic (exact) mass is 343 g/mol. The molecule has 1 aromatic carbocycles. The van der Waals surface area contributed by atoms with Crippen molar-refractivity contribution < 1.29 is 14.3 Å². The van der Waals surface area contributed by atoms with Crippen molar-refractivity contribution in [3.8, 4) is 5.75 Å². The summed E-state index contributed by atoms with van der Waals surface area (Å²) in [4.78, 5) is 11.9. The maximum absolute atomic E-state index is 11.9. The van der Waals surface area contributed by atoms with E-state index in [1.54, 1.807) is 7.11 Å². The van der Waals surface area contributed by atoms with Gasteiger partial charge in [0.1, 0.15) is 11.4 Å². The highest BCUT2D eigenvalue weighted by atomic mass is 79.9. The van der Waals surface area contributed by atoms with Gasteiger partial charge in [0.15, 0.2) is 0 Å². The standard InChI is InChI=1S/C15H22BrNO3/c1-15(2,3)20-14(18)17-13(8-9-16)11-6-5-7-12(10-11)19-4/h5-7,10,13H,8-9H2,1-4H3,(H,17,18). The number of alkyl halides is 1. The Balaban J connectivity index is 2.80. The van der Waals surface area contributed by atoms with Crippen LogP contribution in [0.4, 0.5) is 4.79 Å². The summed E-state index contributed by atoms with van der Waals surface area (Å²) < 4.78 is 10.5. The molecule has 0 aliphatic rings. The summed E-state index contributed by atoms with van der Waals surface area (Å²) in [7, 11) is 1.62. The molecule has 1 N–H and O–H groups in total. The van der Waals surface area contributed by atoms with Gasteiger partial charge in [0.05, 0.1) is 13.2 Å². The van der Waals surface area contributed by atoms with Gasteiger partial charge < -0.3 is 14.8 Å². The second-order valence-corrected chi connectivity index (χ2v) is 6.25. The van der Waals surface area contributed by atoms with Gasteiger partial charge in [-0.25, -0.2) is 4.79 Å². The number of hydrogen-bond acceptors (Lipinski definition) is 3. The number of methoxy groups -OCH3 is 1. The molecule has 1 unspecified atom stereocenters. The van der Waals surface area contributed by atoms with Crippen LogP contribution in [-0.2, 0) is 4.74 Å². The second kappa shape index (κ2) is 7.53. The molecule has 1 atom stereocenters. The first-order valence-electron chi connectivity index (χ1n) is 6.55. The van der Waals surface area contributed by atoms with Crippen molar-refractivity contribution in [2.75, 3.05) is 12.4 Å². The topological polar surface area (TPSA) is 47.6 Å². The van der Waals surface area contributed by atoms with Gasteiger partial charge in [-0.05, 0) is 44.9 Å². The number of carbonyl (C=O) groups is 1. The number of ether oxygens (including phenoxy) is 2. The molecule has 5 heteroatoms. The van der Waals surface area contributed by atoms with Crippen LogP contribution in [0.2, 0.25) is 0 Å². The van der Waals surface area contributed by atoms with Crippen molar-refractivity contribution in [2.24, 2.45) is 0 Å². The number of rotatable bonds is 5. The Labute approximate surface area is 129 Å². The fourth-order valence-corrected chi connectivity index (χ4v) is 2.20. The third-order valence-corrected chi connectivity index (χ3v) is 3.04. The lowest BCUT2D eigenvalue weighted by Crippen LogP contribution is -2.35. The van der Waals surface area contributed by atoms with Gasteiger partial charge in [-0.3, -0.25) is 0 Å². The van der Waals surface area contributed by atoms with Gasteiger partial charge in [0, 0.05) is 5.33 Å². The highest BCUT2D eigenvalue weighted by molar-refractivity contribution is 9.09. The minimum Gasteiger partial charge on any atom is -0.497 e. The van der Waals surface area contributed by atoms with E-state index in [-0.39, 0.29) is 6.04 Å². The Hall–Kier alpha value is -1.23. The molecule has 4 nitrogen and oxygen atoms in total. The molecular weight excluding hydrogens is 322 g/mol. The van der Waals surface area contributed by atoms with E-state index in [0.29, 0.717) is 0 Å². The zero-order valence-corrected chi connectivity index (χ0v) is 14.0. The van der Waals surface area contributed by atoms with E-state index in [2.05, 4.69) is 21.2 Å². The van der Waals surface area contributed by atoms with Crippen molar-refractivity contribution in [3.05, 3.63) is 29.8 Å². The number of amides is 1.